The number of halogens is 1. The van der Waals surface area contributed by atoms with Gasteiger partial charge in [-0.05, 0) is 67.4 Å². The van der Waals surface area contributed by atoms with Gasteiger partial charge in [0.1, 0.15) is 12.4 Å². The molecule has 1 saturated heterocycles. The minimum absolute atomic E-state index is 0.169. The number of benzene rings is 2. The van der Waals surface area contributed by atoms with E-state index < -0.39 is 21.5 Å². The number of nitrogens with one attached hydrogen (secondary N) is 1. The number of hydrogen-bond acceptors (Lipinski definition) is 5. The molecule has 32 heavy (non-hydrogen) atoms. The van der Waals surface area contributed by atoms with Gasteiger partial charge >= 0.3 is 0 Å². The Morgan fingerprint density at radius 1 is 0.969 bits per heavy atom. The van der Waals surface area contributed by atoms with Gasteiger partial charge in [0.05, 0.1) is 10.6 Å². The van der Waals surface area contributed by atoms with E-state index in [4.69, 9.17) is 0 Å². The Kier molecular flexibility index (Phi) is 6.15. The predicted molar refractivity (Wildman–Crippen MR) is 117 cm³/mol. The molecule has 0 atom stereocenters. The van der Waals surface area contributed by atoms with E-state index in [0.717, 1.165) is 17.5 Å². The number of aromatic nitrogens is 2. The summed E-state index contributed by atoms with van der Waals surface area (Å²) in [7, 11) is -3.53. The van der Waals surface area contributed by atoms with Crippen molar-refractivity contribution < 1.29 is 17.6 Å². The van der Waals surface area contributed by atoms with Crippen LogP contribution in [0.25, 0.3) is 11.3 Å². The van der Waals surface area contributed by atoms with Crippen LogP contribution in [0.1, 0.15) is 12.8 Å². The van der Waals surface area contributed by atoms with Gasteiger partial charge in [-0.15, -0.1) is 0 Å². The maximum atomic E-state index is 13.1. The molecule has 8 nitrogen and oxygen atoms in total. The highest BCUT2D eigenvalue weighted by Gasteiger charge is 2.26. The highest BCUT2D eigenvalue weighted by molar-refractivity contribution is 7.89. The molecule has 0 unspecified atom stereocenters. The lowest BCUT2D eigenvalue weighted by Crippen LogP contribution is -2.29. The predicted octanol–water partition coefficient (Wildman–Crippen LogP) is 2.47. The van der Waals surface area contributed by atoms with Crippen LogP contribution in [-0.2, 0) is 21.4 Å². The van der Waals surface area contributed by atoms with Crippen molar-refractivity contribution >= 4 is 21.6 Å². The van der Waals surface area contributed by atoms with Crippen LogP contribution >= 0.6 is 0 Å². The van der Waals surface area contributed by atoms with Crippen molar-refractivity contribution in [3.8, 4) is 11.3 Å². The summed E-state index contributed by atoms with van der Waals surface area (Å²) < 4.78 is 40.8. The van der Waals surface area contributed by atoms with Gasteiger partial charge in [0, 0.05) is 30.4 Å². The molecule has 1 aliphatic heterocycles. The fourth-order valence-corrected chi connectivity index (χ4v) is 4.98. The minimum Gasteiger partial charge on any atom is -0.324 e. The van der Waals surface area contributed by atoms with Crippen molar-refractivity contribution in [2.24, 2.45) is 0 Å². The van der Waals surface area contributed by atoms with Crippen LogP contribution in [-0.4, -0.2) is 41.5 Å². The van der Waals surface area contributed by atoms with Crippen molar-refractivity contribution in [2.45, 2.75) is 24.3 Å². The third-order valence-electron chi connectivity index (χ3n) is 5.14. The summed E-state index contributed by atoms with van der Waals surface area (Å²) in [5.74, 6) is -0.883. The zero-order valence-electron chi connectivity index (χ0n) is 17.1. The molecule has 2 aromatic carbocycles. The zero-order chi connectivity index (χ0) is 22.7. The number of nitrogens with zero attached hydrogens (tertiary/aromatic N) is 3. The number of carbonyl (C=O) groups excluding carboxylic acids is 1. The van der Waals surface area contributed by atoms with Crippen LogP contribution in [0.5, 0.6) is 0 Å². The molecule has 4 rings (SSSR count). The maximum Gasteiger partial charge on any atom is 0.267 e. The number of amides is 1. The maximum absolute atomic E-state index is 13.1. The minimum atomic E-state index is -3.53. The average Bonchev–Trinajstić information content (AvgIpc) is 3.32. The molecule has 0 saturated carbocycles. The summed E-state index contributed by atoms with van der Waals surface area (Å²) in [6.07, 6.45) is 1.70. The molecular formula is C22H21FN4O4S. The first-order valence-corrected chi connectivity index (χ1v) is 11.5. The molecule has 10 heteroatoms. The monoisotopic (exact) mass is 456 g/mol. The van der Waals surface area contributed by atoms with E-state index in [2.05, 4.69) is 10.4 Å². The lowest BCUT2D eigenvalue weighted by atomic mass is 10.1. The van der Waals surface area contributed by atoms with E-state index in [0.29, 0.717) is 30.0 Å². The third kappa shape index (κ3) is 4.76. The second-order valence-corrected chi connectivity index (χ2v) is 9.34. The van der Waals surface area contributed by atoms with Gasteiger partial charge in [0.15, 0.2) is 0 Å². The Hall–Kier alpha value is -3.37. The summed E-state index contributed by atoms with van der Waals surface area (Å²) in [6, 6.07) is 14.3. The molecule has 1 aliphatic rings. The largest absolute Gasteiger partial charge is 0.324 e. The van der Waals surface area contributed by atoms with Crippen molar-refractivity contribution in [3.63, 3.8) is 0 Å². The number of rotatable bonds is 6. The molecule has 0 aliphatic carbocycles. The summed E-state index contributed by atoms with van der Waals surface area (Å²) in [5, 5.41) is 6.82. The average molecular weight is 456 g/mol. The van der Waals surface area contributed by atoms with Gasteiger partial charge in [-0.2, -0.15) is 9.40 Å². The summed E-state index contributed by atoms with van der Waals surface area (Å²) in [5.41, 5.74) is 0.973. The summed E-state index contributed by atoms with van der Waals surface area (Å²) in [4.78, 5) is 24.7. The van der Waals surface area contributed by atoms with E-state index in [1.165, 1.54) is 65.0 Å². The second-order valence-electron chi connectivity index (χ2n) is 7.41. The lowest BCUT2D eigenvalue weighted by Gasteiger charge is -2.15. The van der Waals surface area contributed by atoms with Crippen molar-refractivity contribution in [3.05, 3.63) is 76.8 Å². The first-order valence-electron chi connectivity index (χ1n) is 10.1. The summed E-state index contributed by atoms with van der Waals surface area (Å²) in [6.45, 7) is 0.695. The van der Waals surface area contributed by atoms with Crippen LogP contribution in [0.15, 0.2) is 70.4 Å². The molecular weight excluding hydrogens is 435 g/mol. The Morgan fingerprint density at radius 3 is 2.28 bits per heavy atom. The SMILES string of the molecule is O=C(Cn1nc(-c2ccc(F)cc2)ccc1=O)Nc1ccc(S(=O)(=O)N2CCCC2)cc1. The Labute approximate surface area is 184 Å². The number of sulfonamides is 1. The van der Waals surface area contributed by atoms with E-state index in [1.807, 2.05) is 0 Å². The van der Waals surface area contributed by atoms with Gasteiger partial charge in [-0.1, -0.05) is 0 Å². The van der Waals surface area contributed by atoms with Gasteiger partial charge < -0.3 is 5.32 Å². The van der Waals surface area contributed by atoms with Crippen LogP contribution < -0.4 is 10.9 Å². The van der Waals surface area contributed by atoms with Crippen molar-refractivity contribution in [1.82, 2.24) is 14.1 Å². The Morgan fingerprint density at radius 2 is 1.62 bits per heavy atom. The van der Waals surface area contributed by atoms with Crippen LogP contribution in [0, 0.1) is 5.82 Å². The van der Waals surface area contributed by atoms with Gasteiger partial charge in [0.25, 0.3) is 5.56 Å². The number of carbonyl (C=O) groups is 1. The topological polar surface area (TPSA) is 101 Å². The molecule has 0 spiro atoms. The van der Waals surface area contributed by atoms with Crippen LogP contribution in [0.2, 0.25) is 0 Å². The Bertz CT molecular complexity index is 1280. The first kappa shape index (κ1) is 21.8. The lowest BCUT2D eigenvalue weighted by molar-refractivity contribution is -0.117. The van der Waals surface area contributed by atoms with Crippen molar-refractivity contribution in [2.75, 3.05) is 18.4 Å². The molecule has 0 radical (unpaired) electrons. The Balaban J connectivity index is 1.45. The highest BCUT2D eigenvalue weighted by atomic mass is 32.2. The highest BCUT2D eigenvalue weighted by Crippen LogP contribution is 2.22. The standard InChI is InChI=1S/C22H21FN4O4S/c23-17-5-3-16(4-6-17)20-11-12-22(29)27(25-20)15-21(28)24-18-7-9-19(10-8-18)32(30,31)26-13-1-2-14-26/h3-12H,1-2,13-15H2,(H,24,28). The fraction of sp³-hybridized carbons (Fsp3) is 0.227. The van der Waals surface area contributed by atoms with Crippen molar-refractivity contribution in [1.29, 1.82) is 0 Å². The van der Waals surface area contributed by atoms with Gasteiger partial charge in [-0.25, -0.2) is 17.5 Å². The zero-order valence-corrected chi connectivity index (χ0v) is 17.9. The molecule has 3 aromatic rings. The molecule has 1 aromatic heterocycles. The number of anilines is 1. The molecule has 2 heterocycles. The van der Waals surface area contributed by atoms with E-state index >= 15 is 0 Å². The van der Waals surface area contributed by atoms with Crippen LogP contribution in [0.4, 0.5) is 10.1 Å². The van der Waals surface area contributed by atoms with Gasteiger partial charge in [0.2, 0.25) is 15.9 Å². The fourth-order valence-electron chi connectivity index (χ4n) is 3.46. The van der Waals surface area contributed by atoms with E-state index in [9.17, 15) is 22.4 Å². The van der Waals surface area contributed by atoms with E-state index in [1.54, 1.807) is 0 Å². The normalized spacial score (nSPS) is 14.4. The molecule has 0 bridgehead atoms. The number of hydrogen-bond donors (Lipinski definition) is 1. The van der Waals surface area contributed by atoms with Crippen LogP contribution in [0.3, 0.4) is 0 Å². The second kappa shape index (κ2) is 9.01. The molecule has 1 amide bonds. The third-order valence-corrected chi connectivity index (χ3v) is 7.05. The quantitative estimate of drug-likeness (QED) is 0.614. The molecule has 1 N–H and O–H groups in total. The van der Waals surface area contributed by atoms with E-state index in [-0.39, 0.29) is 17.3 Å². The smallest absolute Gasteiger partial charge is 0.267 e. The molecule has 166 valence electrons. The first-order chi connectivity index (χ1) is 15.3. The van der Waals surface area contributed by atoms with Gasteiger partial charge in [-0.3, -0.25) is 9.59 Å². The summed E-state index contributed by atoms with van der Waals surface area (Å²) >= 11 is 0. The molecule has 1 fully saturated rings.